The molecule has 12 heteroatoms. The molecule has 0 saturated carbocycles. The van der Waals surface area contributed by atoms with Crippen molar-refractivity contribution in [1.82, 2.24) is 19.0 Å². The number of urea groups is 1. The number of likely N-dealkylation sites (N-methyl/N-ethyl adjacent to an activating group) is 1. The van der Waals surface area contributed by atoms with Crippen LogP contribution in [-0.4, -0.2) is 92.1 Å². The first-order valence-electron chi connectivity index (χ1n) is 11.9. The Bertz CT molecular complexity index is 1220. The Kier molecular flexibility index (Phi) is 7.82. The molecular formula is C25H30F4N4O3S. The van der Waals surface area contributed by atoms with E-state index in [2.05, 4.69) is 0 Å². The number of alkyl halides is 3. The summed E-state index contributed by atoms with van der Waals surface area (Å²) in [6.07, 6.45) is -3.64. The first-order chi connectivity index (χ1) is 17.3. The number of nitrogens with zero attached hydrogens (tertiary/aromatic N) is 4. The average Bonchev–Trinajstić information content (AvgIpc) is 3.30. The highest BCUT2D eigenvalue weighted by molar-refractivity contribution is 7.88. The fourth-order valence-corrected chi connectivity index (χ4v) is 5.95. The maximum atomic E-state index is 13.8. The molecule has 2 atom stereocenters. The van der Waals surface area contributed by atoms with Crippen LogP contribution in [0, 0.1) is 5.82 Å². The number of likely N-dealkylation sites (tertiary alicyclic amines) is 1. The SMILES string of the molecule is CN(Cc1ccc(F)c(C(F)(F)F)c1)[C@H]1CN(C(=O)N2CCN(S(C)(=O)=O)CC2)C[C@@H]1c1ccccc1. The molecule has 2 aliphatic heterocycles. The van der Waals surface area contributed by atoms with Gasteiger partial charge in [-0.05, 0) is 30.3 Å². The van der Waals surface area contributed by atoms with Crippen LogP contribution in [0.2, 0.25) is 0 Å². The molecule has 4 rings (SSSR count). The lowest BCUT2D eigenvalue weighted by atomic mass is 9.93. The van der Waals surface area contributed by atoms with Crippen LogP contribution in [0.4, 0.5) is 22.4 Å². The van der Waals surface area contributed by atoms with Gasteiger partial charge in [-0.2, -0.15) is 17.5 Å². The van der Waals surface area contributed by atoms with Crippen LogP contribution in [-0.2, 0) is 22.7 Å². The molecule has 0 aromatic heterocycles. The van der Waals surface area contributed by atoms with Gasteiger partial charge in [-0.1, -0.05) is 36.4 Å². The molecule has 37 heavy (non-hydrogen) atoms. The third-order valence-corrected chi connectivity index (χ3v) is 8.40. The molecule has 2 amide bonds. The summed E-state index contributed by atoms with van der Waals surface area (Å²) in [6, 6.07) is 12.2. The van der Waals surface area contributed by atoms with Crippen molar-refractivity contribution in [1.29, 1.82) is 0 Å². The van der Waals surface area contributed by atoms with Crippen LogP contribution < -0.4 is 0 Å². The predicted octanol–water partition coefficient (Wildman–Crippen LogP) is 3.44. The third-order valence-electron chi connectivity index (χ3n) is 7.10. The smallest absolute Gasteiger partial charge is 0.322 e. The number of piperazine rings is 1. The number of hydrogen-bond donors (Lipinski definition) is 0. The minimum absolute atomic E-state index is 0.0880. The highest BCUT2D eigenvalue weighted by atomic mass is 32.2. The second-order valence-electron chi connectivity index (χ2n) is 9.65. The Balaban J connectivity index is 1.51. The van der Waals surface area contributed by atoms with Crippen molar-refractivity contribution in [3.8, 4) is 0 Å². The molecule has 0 radical (unpaired) electrons. The Hall–Kier alpha value is -2.70. The van der Waals surface area contributed by atoms with Gasteiger partial charge >= 0.3 is 12.2 Å². The van der Waals surface area contributed by atoms with Crippen molar-refractivity contribution in [2.24, 2.45) is 0 Å². The number of halogens is 4. The van der Waals surface area contributed by atoms with Crippen molar-refractivity contribution in [3.05, 3.63) is 71.0 Å². The molecule has 202 valence electrons. The largest absolute Gasteiger partial charge is 0.419 e. The highest BCUT2D eigenvalue weighted by Gasteiger charge is 2.41. The molecular weight excluding hydrogens is 512 g/mol. The van der Waals surface area contributed by atoms with Crippen molar-refractivity contribution >= 4 is 16.1 Å². The Labute approximate surface area is 214 Å². The van der Waals surface area contributed by atoms with Gasteiger partial charge in [0.15, 0.2) is 0 Å². The van der Waals surface area contributed by atoms with Crippen LogP contribution in [0.25, 0.3) is 0 Å². The average molecular weight is 543 g/mol. The summed E-state index contributed by atoms with van der Waals surface area (Å²) in [5.41, 5.74) is 0.0332. The van der Waals surface area contributed by atoms with Gasteiger partial charge in [0, 0.05) is 57.8 Å². The van der Waals surface area contributed by atoms with Crippen LogP contribution >= 0.6 is 0 Å². The first-order valence-corrected chi connectivity index (χ1v) is 13.8. The normalized spacial score (nSPS) is 21.6. The Morgan fingerprint density at radius 2 is 1.65 bits per heavy atom. The van der Waals surface area contributed by atoms with E-state index in [-0.39, 0.29) is 50.7 Å². The summed E-state index contributed by atoms with van der Waals surface area (Å²) < 4.78 is 78.4. The second kappa shape index (κ2) is 10.6. The zero-order valence-electron chi connectivity index (χ0n) is 20.7. The lowest BCUT2D eigenvalue weighted by Crippen LogP contribution is -2.53. The Morgan fingerprint density at radius 3 is 2.24 bits per heavy atom. The van der Waals surface area contributed by atoms with Crippen LogP contribution in [0.3, 0.4) is 0 Å². The monoisotopic (exact) mass is 542 g/mol. The molecule has 7 nitrogen and oxygen atoms in total. The van der Waals surface area contributed by atoms with Gasteiger partial charge in [-0.25, -0.2) is 17.6 Å². The molecule has 2 saturated heterocycles. The molecule has 0 N–H and O–H groups in total. The molecule has 2 aromatic rings. The van der Waals surface area contributed by atoms with Gasteiger partial charge in [0.05, 0.1) is 11.8 Å². The van der Waals surface area contributed by atoms with E-state index in [0.29, 0.717) is 18.7 Å². The predicted molar refractivity (Wildman–Crippen MR) is 131 cm³/mol. The number of sulfonamides is 1. The van der Waals surface area contributed by atoms with E-state index < -0.39 is 27.6 Å². The summed E-state index contributed by atoms with van der Waals surface area (Å²) >= 11 is 0. The second-order valence-corrected chi connectivity index (χ2v) is 11.6. The van der Waals surface area contributed by atoms with E-state index in [9.17, 15) is 30.8 Å². The number of carbonyl (C=O) groups is 1. The molecule has 0 aliphatic carbocycles. The molecule has 2 aliphatic rings. The lowest BCUT2D eigenvalue weighted by molar-refractivity contribution is -0.140. The fourth-order valence-electron chi connectivity index (χ4n) is 5.12. The topological polar surface area (TPSA) is 64.2 Å². The summed E-state index contributed by atoms with van der Waals surface area (Å²) in [5.74, 6) is -1.40. The van der Waals surface area contributed by atoms with Crippen LogP contribution in [0.1, 0.15) is 22.6 Å². The molecule has 0 unspecified atom stereocenters. The lowest BCUT2D eigenvalue weighted by Gasteiger charge is -2.35. The fraction of sp³-hybridized carbons (Fsp3) is 0.480. The molecule has 2 aromatic carbocycles. The quantitative estimate of drug-likeness (QED) is 0.544. The molecule has 0 spiro atoms. The van der Waals surface area contributed by atoms with E-state index in [4.69, 9.17) is 0 Å². The van der Waals surface area contributed by atoms with Crippen LogP contribution in [0.5, 0.6) is 0 Å². The first kappa shape index (κ1) is 27.3. The molecule has 0 bridgehead atoms. The van der Waals surface area contributed by atoms with E-state index in [0.717, 1.165) is 24.0 Å². The maximum absolute atomic E-state index is 13.8. The minimum atomic E-state index is -4.79. The van der Waals surface area contributed by atoms with Gasteiger partial charge in [0.1, 0.15) is 5.82 Å². The van der Waals surface area contributed by atoms with Gasteiger partial charge in [0.2, 0.25) is 10.0 Å². The van der Waals surface area contributed by atoms with E-state index in [1.807, 2.05) is 35.2 Å². The van der Waals surface area contributed by atoms with Gasteiger partial charge in [0.25, 0.3) is 0 Å². The zero-order valence-corrected chi connectivity index (χ0v) is 21.5. The van der Waals surface area contributed by atoms with Crippen LogP contribution in [0.15, 0.2) is 48.5 Å². The van der Waals surface area contributed by atoms with Crippen molar-refractivity contribution in [3.63, 3.8) is 0 Å². The number of hydrogen-bond acceptors (Lipinski definition) is 4. The summed E-state index contributed by atoms with van der Waals surface area (Å²) in [7, 11) is -1.53. The summed E-state index contributed by atoms with van der Waals surface area (Å²) in [4.78, 5) is 18.6. The number of amides is 2. The van der Waals surface area contributed by atoms with E-state index >= 15 is 0 Å². The van der Waals surface area contributed by atoms with Crippen molar-refractivity contribution < 1.29 is 30.8 Å². The third kappa shape index (κ3) is 6.24. The minimum Gasteiger partial charge on any atom is -0.322 e. The number of rotatable bonds is 5. The van der Waals surface area contributed by atoms with Gasteiger partial charge in [-0.15, -0.1) is 0 Å². The zero-order chi connectivity index (χ0) is 27.0. The number of benzene rings is 2. The van der Waals surface area contributed by atoms with Gasteiger partial charge < -0.3 is 9.80 Å². The maximum Gasteiger partial charge on any atom is 0.419 e. The number of carbonyl (C=O) groups excluding carboxylic acids is 1. The standard InChI is InChI=1S/C25H30F4N4O3S/c1-30(15-18-8-9-22(26)21(14-18)25(27,28)29)23-17-32(16-20(23)19-6-4-3-5-7-19)24(34)31-10-12-33(13-11-31)37(2,35)36/h3-9,14,20,23H,10-13,15-17H2,1-2H3/t20-,23+/m1/s1. The van der Waals surface area contributed by atoms with Crippen molar-refractivity contribution in [2.45, 2.75) is 24.7 Å². The highest BCUT2D eigenvalue weighted by Crippen LogP contribution is 2.34. The summed E-state index contributed by atoms with van der Waals surface area (Å²) in [5, 5.41) is 0. The van der Waals surface area contributed by atoms with E-state index in [1.165, 1.54) is 10.4 Å². The molecule has 2 fully saturated rings. The Morgan fingerprint density at radius 1 is 1.00 bits per heavy atom. The van der Waals surface area contributed by atoms with E-state index in [1.54, 1.807) is 16.8 Å². The molecule has 2 heterocycles. The van der Waals surface area contributed by atoms with Gasteiger partial charge in [-0.3, -0.25) is 4.90 Å². The summed E-state index contributed by atoms with van der Waals surface area (Å²) in [6.45, 7) is 1.96. The van der Waals surface area contributed by atoms with Crippen molar-refractivity contribution in [2.75, 3.05) is 52.6 Å².